The van der Waals surface area contributed by atoms with E-state index in [4.69, 9.17) is 5.73 Å². The number of anilines is 1. The van der Waals surface area contributed by atoms with Crippen molar-refractivity contribution in [2.45, 2.75) is 25.7 Å². The van der Waals surface area contributed by atoms with Gasteiger partial charge in [0, 0.05) is 17.7 Å². The fourth-order valence-electron chi connectivity index (χ4n) is 1.14. The molecule has 0 atom stereocenters. The van der Waals surface area contributed by atoms with E-state index in [0.29, 0.717) is 11.7 Å². The molecule has 0 spiro atoms. The Kier molecular flexibility index (Phi) is 2.52. The van der Waals surface area contributed by atoms with E-state index in [9.17, 15) is 0 Å². The van der Waals surface area contributed by atoms with Crippen LogP contribution < -0.4 is 5.73 Å². The maximum Gasteiger partial charge on any atom is 0.134 e. The summed E-state index contributed by atoms with van der Waals surface area (Å²) in [5.41, 5.74) is 6.55. The van der Waals surface area contributed by atoms with Gasteiger partial charge in [-0.2, -0.15) is 0 Å². The van der Waals surface area contributed by atoms with Crippen molar-refractivity contribution in [1.82, 2.24) is 9.97 Å². The van der Waals surface area contributed by atoms with Gasteiger partial charge in [-0.25, -0.2) is 9.97 Å². The van der Waals surface area contributed by atoms with E-state index in [2.05, 4.69) is 9.97 Å². The maximum absolute atomic E-state index is 5.57. The van der Waals surface area contributed by atoms with Gasteiger partial charge in [-0.3, -0.25) is 0 Å². The molecule has 1 saturated carbocycles. The van der Waals surface area contributed by atoms with Crippen LogP contribution in [0.3, 0.4) is 0 Å². The van der Waals surface area contributed by atoms with Crippen LogP contribution in [-0.4, -0.2) is 9.97 Å². The molecule has 0 bridgehead atoms. The first-order valence-corrected chi connectivity index (χ1v) is 3.87. The molecule has 2 rings (SSSR count). The zero-order valence-corrected chi connectivity index (χ0v) is 7.77. The molecule has 0 radical (unpaired) electrons. The quantitative estimate of drug-likeness (QED) is 0.724. The van der Waals surface area contributed by atoms with Crippen molar-refractivity contribution < 1.29 is 0 Å². The summed E-state index contributed by atoms with van der Waals surface area (Å²) < 4.78 is 0. The third-order valence-corrected chi connectivity index (χ3v) is 1.83. The maximum atomic E-state index is 5.57. The van der Waals surface area contributed by atoms with E-state index in [1.807, 2.05) is 6.92 Å². The molecular weight excluding hydrogens is 174 g/mol. The average Bonchev–Trinajstić information content (AvgIpc) is 2.64. The van der Waals surface area contributed by atoms with Crippen LogP contribution in [0.15, 0.2) is 6.07 Å². The van der Waals surface area contributed by atoms with Crippen molar-refractivity contribution in [3.05, 3.63) is 17.6 Å². The minimum atomic E-state index is 0. The van der Waals surface area contributed by atoms with Crippen molar-refractivity contribution in [2.75, 3.05) is 5.73 Å². The van der Waals surface area contributed by atoms with Gasteiger partial charge in [0.05, 0.1) is 0 Å². The van der Waals surface area contributed by atoms with Gasteiger partial charge < -0.3 is 5.73 Å². The number of rotatable bonds is 1. The zero-order chi connectivity index (χ0) is 7.84. The molecule has 3 nitrogen and oxygen atoms in total. The summed E-state index contributed by atoms with van der Waals surface area (Å²) in [5, 5.41) is 0. The Balaban J connectivity index is 0.000000720. The van der Waals surface area contributed by atoms with Gasteiger partial charge in [0.1, 0.15) is 11.6 Å². The summed E-state index contributed by atoms with van der Waals surface area (Å²) in [6.45, 7) is 1.95. The summed E-state index contributed by atoms with van der Waals surface area (Å²) in [6, 6.07) is 1.80. The molecular formula is C8H12ClN3. The van der Waals surface area contributed by atoms with Gasteiger partial charge in [0.15, 0.2) is 0 Å². The molecule has 66 valence electrons. The number of nitrogen functional groups attached to an aromatic ring is 1. The third-order valence-electron chi connectivity index (χ3n) is 1.83. The van der Waals surface area contributed by atoms with Crippen molar-refractivity contribution in [3.63, 3.8) is 0 Å². The summed E-state index contributed by atoms with van der Waals surface area (Å²) in [4.78, 5) is 8.47. The van der Waals surface area contributed by atoms with Crippen molar-refractivity contribution in [3.8, 4) is 0 Å². The van der Waals surface area contributed by atoms with Crippen molar-refractivity contribution in [2.24, 2.45) is 0 Å². The molecule has 1 fully saturated rings. The van der Waals surface area contributed by atoms with Crippen LogP contribution in [0.5, 0.6) is 0 Å². The molecule has 1 aromatic rings. The van der Waals surface area contributed by atoms with Crippen molar-refractivity contribution >= 4 is 18.2 Å². The van der Waals surface area contributed by atoms with Crippen LogP contribution in [0.25, 0.3) is 0 Å². The van der Waals surface area contributed by atoms with Crippen LogP contribution in [0.1, 0.15) is 30.3 Å². The fraction of sp³-hybridized carbons (Fsp3) is 0.500. The summed E-state index contributed by atoms with van der Waals surface area (Å²) in [7, 11) is 0. The van der Waals surface area contributed by atoms with Crippen LogP contribution in [0.4, 0.5) is 5.82 Å². The molecule has 1 aliphatic rings. The number of hydrogen-bond donors (Lipinski definition) is 1. The molecule has 0 amide bonds. The molecule has 0 aliphatic heterocycles. The molecule has 1 aliphatic carbocycles. The molecule has 0 aromatic carbocycles. The lowest BCUT2D eigenvalue weighted by Gasteiger charge is -1.99. The molecule has 2 N–H and O–H groups in total. The highest BCUT2D eigenvalue weighted by atomic mass is 35.5. The van der Waals surface area contributed by atoms with Gasteiger partial charge in [-0.1, -0.05) is 0 Å². The predicted octanol–water partition coefficient (Wildman–Crippen LogP) is 1.67. The van der Waals surface area contributed by atoms with Crippen LogP contribution in [0, 0.1) is 6.92 Å². The number of nitrogens with zero attached hydrogens (tertiary/aromatic N) is 2. The Labute approximate surface area is 77.8 Å². The van der Waals surface area contributed by atoms with Crippen LogP contribution >= 0.6 is 12.4 Å². The van der Waals surface area contributed by atoms with E-state index in [-0.39, 0.29) is 12.4 Å². The number of aryl methyl sites for hydroxylation is 1. The lowest BCUT2D eigenvalue weighted by atomic mass is 10.3. The van der Waals surface area contributed by atoms with Gasteiger partial charge in [-0.15, -0.1) is 12.4 Å². The highest BCUT2D eigenvalue weighted by Crippen LogP contribution is 2.38. The lowest BCUT2D eigenvalue weighted by molar-refractivity contribution is 0.911. The lowest BCUT2D eigenvalue weighted by Crippen LogP contribution is -1.99. The normalized spacial score (nSPS) is 15.4. The highest BCUT2D eigenvalue weighted by Gasteiger charge is 2.26. The first kappa shape index (κ1) is 9.26. The Morgan fingerprint density at radius 2 is 2.08 bits per heavy atom. The predicted molar refractivity (Wildman–Crippen MR) is 50.4 cm³/mol. The second-order valence-corrected chi connectivity index (χ2v) is 3.07. The molecule has 12 heavy (non-hydrogen) atoms. The molecule has 4 heteroatoms. The van der Waals surface area contributed by atoms with Gasteiger partial charge >= 0.3 is 0 Å². The van der Waals surface area contributed by atoms with Gasteiger partial charge in [-0.05, 0) is 19.8 Å². The summed E-state index contributed by atoms with van der Waals surface area (Å²) in [5.74, 6) is 2.12. The SMILES string of the molecule is Cc1cc(N)nc(C2CC2)n1.Cl. The number of aromatic nitrogens is 2. The largest absolute Gasteiger partial charge is 0.384 e. The van der Waals surface area contributed by atoms with E-state index in [1.54, 1.807) is 6.07 Å². The van der Waals surface area contributed by atoms with Gasteiger partial charge in [0.25, 0.3) is 0 Å². The standard InChI is InChI=1S/C8H11N3.ClH/c1-5-4-7(9)11-8(10-5)6-2-3-6;/h4,6H,2-3H2,1H3,(H2,9,10,11);1H. The summed E-state index contributed by atoms with van der Waals surface area (Å²) in [6.07, 6.45) is 2.45. The Hall–Kier alpha value is -0.830. The molecule has 0 saturated heterocycles. The Bertz CT molecular complexity index is 263. The van der Waals surface area contributed by atoms with E-state index >= 15 is 0 Å². The van der Waals surface area contributed by atoms with Gasteiger partial charge in [0.2, 0.25) is 0 Å². The Morgan fingerprint density at radius 1 is 1.42 bits per heavy atom. The Morgan fingerprint density at radius 3 is 2.58 bits per heavy atom. The number of nitrogens with two attached hydrogens (primary N) is 1. The van der Waals surface area contributed by atoms with E-state index < -0.39 is 0 Å². The van der Waals surface area contributed by atoms with Crippen LogP contribution in [0.2, 0.25) is 0 Å². The smallest absolute Gasteiger partial charge is 0.134 e. The second kappa shape index (κ2) is 3.27. The topological polar surface area (TPSA) is 51.8 Å². The highest BCUT2D eigenvalue weighted by molar-refractivity contribution is 5.85. The molecule has 0 unspecified atom stereocenters. The number of halogens is 1. The van der Waals surface area contributed by atoms with E-state index in [0.717, 1.165) is 11.5 Å². The van der Waals surface area contributed by atoms with E-state index in [1.165, 1.54) is 12.8 Å². The molecule has 1 aromatic heterocycles. The first-order chi connectivity index (χ1) is 5.25. The first-order valence-electron chi connectivity index (χ1n) is 3.87. The minimum Gasteiger partial charge on any atom is -0.384 e. The monoisotopic (exact) mass is 185 g/mol. The third kappa shape index (κ3) is 1.85. The zero-order valence-electron chi connectivity index (χ0n) is 6.95. The minimum absolute atomic E-state index is 0. The number of hydrogen-bond acceptors (Lipinski definition) is 3. The summed E-state index contributed by atoms with van der Waals surface area (Å²) >= 11 is 0. The fourth-order valence-corrected chi connectivity index (χ4v) is 1.14. The average molecular weight is 186 g/mol. The second-order valence-electron chi connectivity index (χ2n) is 3.07. The van der Waals surface area contributed by atoms with Crippen LogP contribution in [-0.2, 0) is 0 Å². The van der Waals surface area contributed by atoms with Crippen molar-refractivity contribution in [1.29, 1.82) is 0 Å². The molecule has 1 heterocycles.